The number of esters is 1. The smallest absolute Gasteiger partial charge is 0.328 e. The quantitative estimate of drug-likeness (QED) is 0.796. The van der Waals surface area contributed by atoms with Crippen LogP contribution >= 0.6 is 11.6 Å². The van der Waals surface area contributed by atoms with Crippen LogP contribution in [0.25, 0.3) is 5.69 Å². The second kappa shape index (κ2) is 8.11. The Bertz CT molecular complexity index is 758. The molecule has 25 heavy (non-hydrogen) atoms. The molecule has 0 aliphatic heterocycles. The van der Waals surface area contributed by atoms with Gasteiger partial charge in [-0.3, -0.25) is 4.79 Å². The predicted octanol–water partition coefficient (Wildman–Crippen LogP) is 2.55. The molecule has 0 aliphatic carbocycles. The lowest BCUT2D eigenvalue weighted by Crippen LogP contribution is -2.46. The monoisotopic (exact) mass is 364 g/mol. The number of halogens is 1. The molecule has 0 bridgehead atoms. The molecule has 0 saturated heterocycles. The predicted molar refractivity (Wildman–Crippen MR) is 93.8 cm³/mol. The van der Waals surface area contributed by atoms with E-state index in [2.05, 4.69) is 15.4 Å². The van der Waals surface area contributed by atoms with Crippen LogP contribution in [0.1, 0.15) is 36.7 Å². The van der Waals surface area contributed by atoms with Crippen LogP contribution in [0.3, 0.4) is 0 Å². The van der Waals surface area contributed by atoms with Gasteiger partial charge in [-0.1, -0.05) is 31.9 Å². The van der Waals surface area contributed by atoms with Crippen LogP contribution < -0.4 is 5.32 Å². The highest BCUT2D eigenvalue weighted by Gasteiger charge is 2.28. The number of benzene rings is 1. The Morgan fingerprint density at radius 2 is 1.96 bits per heavy atom. The van der Waals surface area contributed by atoms with E-state index in [1.54, 1.807) is 35.9 Å². The van der Waals surface area contributed by atoms with Gasteiger partial charge in [0.05, 0.1) is 12.8 Å². The Hall–Kier alpha value is -2.41. The normalized spacial score (nSPS) is 13.2. The Morgan fingerprint density at radius 3 is 2.52 bits per heavy atom. The number of aromatic nitrogens is 3. The molecule has 1 N–H and O–H groups in total. The average molecular weight is 365 g/mol. The molecule has 1 amide bonds. The Kier molecular flexibility index (Phi) is 6.14. The minimum absolute atomic E-state index is 0.00958. The molecule has 2 rings (SSSR count). The van der Waals surface area contributed by atoms with Crippen molar-refractivity contribution in [1.29, 1.82) is 0 Å². The van der Waals surface area contributed by atoms with Gasteiger partial charge in [-0.05, 0) is 37.1 Å². The third-order valence-electron chi connectivity index (χ3n) is 4.00. The summed E-state index contributed by atoms with van der Waals surface area (Å²) in [6.45, 7) is 5.54. The third-order valence-corrected chi connectivity index (χ3v) is 4.25. The second-order valence-corrected chi connectivity index (χ2v) is 6.17. The Balaban J connectivity index is 2.23. The van der Waals surface area contributed by atoms with Crippen LogP contribution in [0.15, 0.2) is 24.3 Å². The van der Waals surface area contributed by atoms with Gasteiger partial charge in [0, 0.05) is 5.02 Å². The SMILES string of the molecule is CCC(C)C(NC(=O)c1nc(C)n(-c2ccc(Cl)cc2)n1)C(=O)OC. The number of rotatable bonds is 6. The average Bonchev–Trinajstić information content (AvgIpc) is 3.00. The van der Waals surface area contributed by atoms with Crippen molar-refractivity contribution in [2.75, 3.05) is 7.11 Å². The van der Waals surface area contributed by atoms with Gasteiger partial charge >= 0.3 is 5.97 Å². The van der Waals surface area contributed by atoms with Crippen molar-refractivity contribution in [1.82, 2.24) is 20.1 Å². The zero-order valence-electron chi connectivity index (χ0n) is 14.6. The minimum atomic E-state index is -0.745. The van der Waals surface area contributed by atoms with E-state index in [-0.39, 0.29) is 11.7 Å². The third kappa shape index (κ3) is 4.36. The van der Waals surface area contributed by atoms with Crippen LogP contribution in [-0.4, -0.2) is 39.8 Å². The van der Waals surface area contributed by atoms with Gasteiger partial charge in [-0.25, -0.2) is 14.5 Å². The van der Waals surface area contributed by atoms with Crippen molar-refractivity contribution < 1.29 is 14.3 Å². The summed E-state index contributed by atoms with van der Waals surface area (Å²) in [5.74, 6) is -0.547. The summed E-state index contributed by atoms with van der Waals surface area (Å²) in [5, 5.41) is 7.50. The van der Waals surface area contributed by atoms with Crippen LogP contribution in [0, 0.1) is 12.8 Å². The topological polar surface area (TPSA) is 86.1 Å². The molecule has 1 heterocycles. The number of amides is 1. The molecule has 0 saturated carbocycles. The molecule has 0 aliphatic rings. The van der Waals surface area contributed by atoms with Crippen LogP contribution in [0.2, 0.25) is 5.02 Å². The molecule has 0 radical (unpaired) electrons. The summed E-state index contributed by atoms with van der Waals surface area (Å²) in [6, 6.07) is 6.27. The van der Waals surface area contributed by atoms with Crippen molar-refractivity contribution in [3.05, 3.63) is 40.9 Å². The maximum atomic E-state index is 12.5. The maximum absolute atomic E-state index is 12.5. The number of hydrogen-bond acceptors (Lipinski definition) is 5. The molecule has 2 unspecified atom stereocenters. The molecule has 1 aromatic carbocycles. The number of nitrogens with zero attached hydrogens (tertiary/aromatic N) is 3. The number of methoxy groups -OCH3 is 1. The van der Waals surface area contributed by atoms with E-state index in [0.29, 0.717) is 17.3 Å². The summed E-state index contributed by atoms with van der Waals surface area (Å²) in [6.07, 6.45) is 0.714. The number of ether oxygens (including phenoxy) is 1. The van der Waals surface area contributed by atoms with Crippen molar-refractivity contribution in [2.24, 2.45) is 5.92 Å². The van der Waals surface area contributed by atoms with Gasteiger partial charge in [0.25, 0.3) is 5.91 Å². The molecule has 2 aromatic rings. The molecule has 0 spiro atoms. The number of carbonyl (C=O) groups excluding carboxylic acids is 2. The number of carbonyl (C=O) groups is 2. The van der Waals surface area contributed by atoms with Gasteiger partial charge in [-0.15, -0.1) is 5.10 Å². The van der Waals surface area contributed by atoms with E-state index in [0.717, 1.165) is 5.69 Å². The van der Waals surface area contributed by atoms with Gasteiger partial charge in [0.2, 0.25) is 5.82 Å². The molecular formula is C17H21ClN4O3. The fourth-order valence-corrected chi connectivity index (χ4v) is 2.44. The lowest BCUT2D eigenvalue weighted by atomic mass is 9.99. The summed E-state index contributed by atoms with van der Waals surface area (Å²) in [7, 11) is 1.29. The van der Waals surface area contributed by atoms with Crippen LogP contribution in [0.4, 0.5) is 0 Å². The number of aryl methyl sites for hydroxylation is 1. The highest BCUT2D eigenvalue weighted by molar-refractivity contribution is 6.30. The first-order chi connectivity index (χ1) is 11.9. The van der Waals surface area contributed by atoms with Crippen LogP contribution in [0.5, 0.6) is 0 Å². The summed E-state index contributed by atoms with van der Waals surface area (Å²) >= 11 is 5.89. The van der Waals surface area contributed by atoms with Gasteiger partial charge in [0.1, 0.15) is 11.9 Å². The number of nitrogens with one attached hydrogen (secondary N) is 1. The first-order valence-electron chi connectivity index (χ1n) is 7.95. The molecule has 2 atom stereocenters. The standard InChI is InChI=1S/C17H21ClN4O3/c1-5-10(2)14(17(24)25-4)20-16(23)15-19-11(3)22(21-15)13-8-6-12(18)7-9-13/h6-10,14H,5H2,1-4H3,(H,20,23). The van der Waals surface area contributed by atoms with Crippen molar-refractivity contribution >= 4 is 23.5 Å². The van der Waals surface area contributed by atoms with E-state index in [4.69, 9.17) is 16.3 Å². The van der Waals surface area contributed by atoms with Gasteiger partial charge in [0.15, 0.2) is 0 Å². The second-order valence-electron chi connectivity index (χ2n) is 5.73. The van der Waals surface area contributed by atoms with Gasteiger partial charge < -0.3 is 10.1 Å². The first kappa shape index (κ1) is 18.9. The molecular weight excluding hydrogens is 344 g/mol. The van der Waals surface area contributed by atoms with E-state index < -0.39 is 17.9 Å². The van der Waals surface area contributed by atoms with Crippen molar-refractivity contribution in [3.8, 4) is 5.69 Å². The summed E-state index contributed by atoms with van der Waals surface area (Å²) < 4.78 is 6.31. The molecule has 134 valence electrons. The Morgan fingerprint density at radius 1 is 1.32 bits per heavy atom. The van der Waals surface area contributed by atoms with Crippen molar-refractivity contribution in [3.63, 3.8) is 0 Å². The lowest BCUT2D eigenvalue weighted by molar-refractivity contribution is -0.144. The molecule has 0 fully saturated rings. The maximum Gasteiger partial charge on any atom is 0.328 e. The van der Waals surface area contributed by atoms with Crippen molar-refractivity contribution in [2.45, 2.75) is 33.2 Å². The van der Waals surface area contributed by atoms with Gasteiger partial charge in [-0.2, -0.15) is 0 Å². The van der Waals surface area contributed by atoms with Crippen LogP contribution in [-0.2, 0) is 9.53 Å². The molecule has 7 nitrogen and oxygen atoms in total. The van der Waals surface area contributed by atoms with E-state index >= 15 is 0 Å². The van der Waals surface area contributed by atoms with E-state index in [9.17, 15) is 9.59 Å². The summed E-state index contributed by atoms with van der Waals surface area (Å²) in [5.41, 5.74) is 0.736. The Labute approximate surface area is 151 Å². The minimum Gasteiger partial charge on any atom is -0.467 e. The highest BCUT2D eigenvalue weighted by Crippen LogP contribution is 2.15. The number of hydrogen-bond donors (Lipinski definition) is 1. The zero-order valence-corrected chi connectivity index (χ0v) is 15.4. The van der Waals surface area contributed by atoms with E-state index in [1.165, 1.54) is 7.11 Å². The summed E-state index contributed by atoms with van der Waals surface area (Å²) in [4.78, 5) is 28.6. The zero-order chi connectivity index (χ0) is 18.6. The molecule has 8 heteroatoms. The first-order valence-corrected chi connectivity index (χ1v) is 8.33. The largest absolute Gasteiger partial charge is 0.467 e. The molecule has 1 aromatic heterocycles. The lowest BCUT2D eigenvalue weighted by Gasteiger charge is -2.20. The van der Waals surface area contributed by atoms with E-state index in [1.807, 2.05) is 13.8 Å². The highest BCUT2D eigenvalue weighted by atomic mass is 35.5. The fourth-order valence-electron chi connectivity index (χ4n) is 2.32. The fraction of sp³-hybridized carbons (Fsp3) is 0.412.